The molecule has 0 aromatic carbocycles. The Morgan fingerprint density at radius 1 is 1.47 bits per heavy atom. The van der Waals surface area contributed by atoms with Crippen LogP contribution in [0.3, 0.4) is 0 Å². The molecule has 0 aliphatic heterocycles. The topological polar surface area (TPSA) is 68.4 Å². The van der Waals surface area contributed by atoms with E-state index in [1.54, 1.807) is 6.92 Å². The lowest BCUT2D eigenvalue weighted by Crippen LogP contribution is -2.18. The normalized spacial score (nSPS) is 13.9. The van der Waals surface area contributed by atoms with Crippen molar-refractivity contribution in [3.05, 3.63) is 11.7 Å². The van der Waals surface area contributed by atoms with Crippen molar-refractivity contribution in [2.75, 3.05) is 13.2 Å². The Bertz CT molecular complexity index is 338. The van der Waals surface area contributed by atoms with Crippen LogP contribution in [0.15, 0.2) is 4.52 Å². The molecule has 17 heavy (non-hydrogen) atoms. The van der Waals surface area contributed by atoms with Crippen LogP contribution >= 0.6 is 0 Å². The molecule has 0 saturated heterocycles. The molecule has 5 nitrogen and oxygen atoms in total. The smallest absolute Gasteiger partial charge is 0.393 e. The predicted octanol–water partition coefficient (Wildman–Crippen LogP) is 1.11. The molecule has 1 heterocycles. The van der Waals surface area contributed by atoms with Crippen molar-refractivity contribution in [2.45, 2.75) is 32.0 Å². The van der Waals surface area contributed by atoms with Crippen LogP contribution < -0.4 is 0 Å². The number of alkyl halides is 3. The Labute approximate surface area is 95.6 Å². The van der Waals surface area contributed by atoms with E-state index >= 15 is 0 Å². The van der Waals surface area contributed by atoms with Crippen molar-refractivity contribution in [2.24, 2.45) is 0 Å². The second kappa shape index (κ2) is 5.97. The summed E-state index contributed by atoms with van der Waals surface area (Å²) in [7, 11) is 0. The highest BCUT2D eigenvalue weighted by Crippen LogP contribution is 2.14. The molecule has 1 aromatic rings. The Kier molecular flexibility index (Phi) is 4.88. The number of hydrogen-bond donors (Lipinski definition) is 1. The van der Waals surface area contributed by atoms with Gasteiger partial charge in [-0.1, -0.05) is 5.16 Å². The van der Waals surface area contributed by atoms with E-state index in [1.165, 1.54) is 0 Å². The molecule has 1 rings (SSSR count). The van der Waals surface area contributed by atoms with Crippen LogP contribution in [0.5, 0.6) is 0 Å². The summed E-state index contributed by atoms with van der Waals surface area (Å²) in [5.74, 6) is 0.522. The van der Waals surface area contributed by atoms with Crippen LogP contribution in [-0.2, 0) is 17.6 Å². The summed E-state index contributed by atoms with van der Waals surface area (Å²) in [6, 6.07) is 0. The number of ether oxygens (including phenoxy) is 1. The molecular weight excluding hydrogens is 241 g/mol. The van der Waals surface area contributed by atoms with E-state index < -0.39 is 18.9 Å². The van der Waals surface area contributed by atoms with E-state index in [1.807, 2.05) is 0 Å². The van der Waals surface area contributed by atoms with Crippen LogP contribution in [0.2, 0.25) is 0 Å². The Morgan fingerprint density at radius 2 is 2.18 bits per heavy atom. The second-order valence-corrected chi connectivity index (χ2v) is 3.58. The molecule has 0 aliphatic rings. The molecule has 0 radical (unpaired) electrons. The zero-order valence-electron chi connectivity index (χ0n) is 9.20. The maximum absolute atomic E-state index is 11.7. The third-order valence-electron chi connectivity index (χ3n) is 1.72. The van der Waals surface area contributed by atoms with Crippen LogP contribution in [0.4, 0.5) is 13.2 Å². The zero-order chi connectivity index (χ0) is 12.9. The van der Waals surface area contributed by atoms with Gasteiger partial charge in [0.15, 0.2) is 5.82 Å². The van der Waals surface area contributed by atoms with Gasteiger partial charge in [0, 0.05) is 6.42 Å². The first kappa shape index (κ1) is 13.9. The fourth-order valence-corrected chi connectivity index (χ4v) is 1.08. The van der Waals surface area contributed by atoms with Crippen LogP contribution in [0, 0.1) is 0 Å². The molecule has 0 amide bonds. The summed E-state index contributed by atoms with van der Waals surface area (Å²) in [4.78, 5) is 3.89. The summed E-state index contributed by atoms with van der Waals surface area (Å²) in [5.41, 5.74) is 0. The van der Waals surface area contributed by atoms with Crippen LogP contribution in [0.25, 0.3) is 0 Å². The second-order valence-electron chi connectivity index (χ2n) is 3.58. The van der Waals surface area contributed by atoms with E-state index in [9.17, 15) is 13.2 Å². The van der Waals surface area contributed by atoms with Gasteiger partial charge in [0.25, 0.3) is 0 Å². The monoisotopic (exact) mass is 254 g/mol. The summed E-state index contributed by atoms with van der Waals surface area (Å²) >= 11 is 0. The lowest BCUT2D eigenvalue weighted by molar-refractivity contribution is -0.173. The lowest BCUT2D eigenvalue weighted by Gasteiger charge is -2.05. The van der Waals surface area contributed by atoms with Gasteiger partial charge in [0.05, 0.1) is 19.1 Å². The van der Waals surface area contributed by atoms with Gasteiger partial charge >= 0.3 is 6.18 Å². The molecule has 0 aliphatic carbocycles. The molecule has 98 valence electrons. The summed E-state index contributed by atoms with van der Waals surface area (Å²) in [6.07, 6.45) is -4.57. The molecule has 0 saturated carbocycles. The Morgan fingerprint density at radius 3 is 2.76 bits per heavy atom. The lowest BCUT2D eigenvalue weighted by atomic mass is 10.3. The maximum atomic E-state index is 11.7. The number of halogens is 3. The average Bonchev–Trinajstić information content (AvgIpc) is 2.58. The number of hydrogen-bond acceptors (Lipinski definition) is 5. The predicted molar refractivity (Wildman–Crippen MR) is 50.3 cm³/mol. The van der Waals surface area contributed by atoms with Gasteiger partial charge in [-0.05, 0) is 6.92 Å². The molecule has 0 spiro atoms. The highest BCUT2D eigenvalue weighted by Gasteiger charge is 2.27. The number of nitrogens with zero attached hydrogens (tertiary/aromatic N) is 2. The minimum atomic E-state index is -4.32. The number of aliphatic hydroxyl groups is 1. The summed E-state index contributed by atoms with van der Waals surface area (Å²) < 4.78 is 44.4. The quantitative estimate of drug-likeness (QED) is 0.770. The molecule has 1 N–H and O–H groups in total. The van der Waals surface area contributed by atoms with E-state index in [0.717, 1.165) is 0 Å². The van der Waals surface area contributed by atoms with Gasteiger partial charge in [-0.15, -0.1) is 0 Å². The molecule has 0 fully saturated rings. The molecular formula is C9H13F3N2O3. The number of aliphatic hydroxyl groups excluding tert-OH is 1. The fraction of sp³-hybridized carbons (Fsp3) is 0.778. The fourth-order valence-electron chi connectivity index (χ4n) is 1.08. The Balaban J connectivity index is 2.25. The van der Waals surface area contributed by atoms with Gasteiger partial charge in [-0.3, -0.25) is 0 Å². The third kappa shape index (κ3) is 6.22. The van der Waals surface area contributed by atoms with Crippen molar-refractivity contribution < 1.29 is 27.5 Å². The summed E-state index contributed by atoms with van der Waals surface area (Å²) in [6.45, 7) is 0.148. The summed E-state index contributed by atoms with van der Waals surface area (Å²) in [5, 5.41) is 12.6. The molecule has 1 unspecified atom stereocenters. The molecule has 0 bridgehead atoms. The van der Waals surface area contributed by atoms with Gasteiger partial charge in [-0.25, -0.2) is 0 Å². The number of aromatic nitrogens is 2. The average molecular weight is 254 g/mol. The molecule has 1 aromatic heterocycles. The van der Waals surface area contributed by atoms with E-state index in [0.29, 0.717) is 0 Å². The largest absolute Gasteiger partial charge is 0.411 e. The van der Waals surface area contributed by atoms with Crippen LogP contribution in [0.1, 0.15) is 18.6 Å². The molecule has 8 heteroatoms. The van der Waals surface area contributed by atoms with Crippen LogP contribution in [-0.4, -0.2) is 40.7 Å². The SMILES string of the molecule is CC(O)Cc1nc(CCOCC(F)(F)F)no1. The van der Waals surface area contributed by atoms with Crippen molar-refractivity contribution in [1.29, 1.82) is 0 Å². The van der Waals surface area contributed by atoms with Gasteiger partial charge in [0.2, 0.25) is 5.89 Å². The first-order valence-corrected chi connectivity index (χ1v) is 5.01. The van der Waals surface area contributed by atoms with Crippen molar-refractivity contribution >= 4 is 0 Å². The van der Waals surface area contributed by atoms with Gasteiger partial charge < -0.3 is 14.4 Å². The highest BCUT2D eigenvalue weighted by molar-refractivity contribution is 4.87. The van der Waals surface area contributed by atoms with E-state index in [2.05, 4.69) is 14.9 Å². The van der Waals surface area contributed by atoms with Crippen molar-refractivity contribution in [3.8, 4) is 0 Å². The van der Waals surface area contributed by atoms with E-state index in [4.69, 9.17) is 9.63 Å². The zero-order valence-corrected chi connectivity index (χ0v) is 9.20. The molecule has 1 atom stereocenters. The highest BCUT2D eigenvalue weighted by atomic mass is 19.4. The minimum Gasteiger partial charge on any atom is -0.393 e. The first-order chi connectivity index (χ1) is 7.87. The Hall–Kier alpha value is -1.15. The minimum absolute atomic E-state index is 0.132. The maximum Gasteiger partial charge on any atom is 0.411 e. The standard InChI is InChI=1S/C9H13F3N2O3/c1-6(15)4-8-13-7(14-17-8)2-3-16-5-9(10,11)12/h6,15H,2-5H2,1H3. The van der Waals surface area contributed by atoms with E-state index in [-0.39, 0.29) is 31.2 Å². The van der Waals surface area contributed by atoms with Crippen molar-refractivity contribution in [1.82, 2.24) is 10.1 Å². The number of rotatable bonds is 6. The third-order valence-corrected chi connectivity index (χ3v) is 1.72. The van der Waals surface area contributed by atoms with Gasteiger partial charge in [0.1, 0.15) is 6.61 Å². The first-order valence-electron chi connectivity index (χ1n) is 5.01. The van der Waals surface area contributed by atoms with Crippen molar-refractivity contribution in [3.63, 3.8) is 0 Å². The van der Waals surface area contributed by atoms with Gasteiger partial charge in [-0.2, -0.15) is 18.2 Å².